The summed E-state index contributed by atoms with van der Waals surface area (Å²) in [4.78, 5) is 15.1. The van der Waals surface area contributed by atoms with Gasteiger partial charge < -0.3 is 11.1 Å². The smallest absolute Gasteiger partial charge is 0.252 e. The van der Waals surface area contributed by atoms with E-state index in [-0.39, 0.29) is 33.8 Å². The molecule has 0 saturated carbocycles. The fourth-order valence-corrected chi connectivity index (χ4v) is 2.02. The largest absolute Gasteiger partial charge is 0.379 e. The summed E-state index contributed by atoms with van der Waals surface area (Å²) in [5, 5.41) is 3.07. The number of rotatable bonds is 4. The van der Waals surface area contributed by atoms with Gasteiger partial charge in [0.25, 0.3) is 5.91 Å². The third kappa shape index (κ3) is 3.18. The number of aromatic nitrogens is 1. The number of primary amides is 1. The highest BCUT2D eigenvalue weighted by atomic mass is 35.5. The molecule has 1 heterocycles. The van der Waals surface area contributed by atoms with Gasteiger partial charge in [-0.2, -0.15) is 0 Å². The van der Waals surface area contributed by atoms with E-state index in [4.69, 9.17) is 28.9 Å². The highest BCUT2D eigenvalue weighted by Gasteiger charge is 2.15. The molecule has 1 amide bonds. The first-order chi connectivity index (χ1) is 9.49. The zero-order chi connectivity index (χ0) is 14.7. The third-order valence-electron chi connectivity index (χ3n) is 2.60. The van der Waals surface area contributed by atoms with Gasteiger partial charge in [0.1, 0.15) is 16.0 Å². The van der Waals surface area contributed by atoms with Crippen LogP contribution in [0.4, 0.5) is 10.1 Å². The average molecular weight is 314 g/mol. The van der Waals surface area contributed by atoms with Gasteiger partial charge in [0.05, 0.1) is 11.3 Å². The van der Waals surface area contributed by atoms with Crippen molar-refractivity contribution in [3.05, 3.63) is 57.6 Å². The van der Waals surface area contributed by atoms with Crippen LogP contribution in [-0.2, 0) is 6.54 Å². The van der Waals surface area contributed by atoms with Crippen LogP contribution in [0.2, 0.25) is 10.2 Å². The van der Waals surface area contributed by atoms with Gasteiger partial charge in [-0.05, 0) is 17.7 Å². The second-order valence-corrected chi connectivity index (χ2v) is 4.74. The lowest BCUT2D eigenvalue weighted by atomic mass is 10.2. The van der Waals surface area contributed by atoms with E-state index in [1.54, 1.807) is 12.1 Å². The molecule has 0 spiro atoms. The van der Waals surface area contributed by atoms with Gasteiger partial charge in [0.2, 0.25) is 0 Å². The summed E-state index contributed by atoms with van der Waals surface area (Å²) in [5.74, 6) is -1.03. The fourth-order valence-electron chi connectivity index (χ4n) is 1.66. The molecular formula is C13H10Cl2FN3O. The molecule has 3 N–H and O–H groups in total. The Labute approximate surface area is 124 Å². The number of hydrogen-bond donors (Lipinski definition) is 2. The molecule has 0 bridgehead atoms. The molecule has 4 nitrogen and oxygen atoms in total. The van der Waals surface area contributed by atoms with Crippen molar-refractivity contribution >= 4 is 34.8 Å². The Morgan fingerprint density at radius 1 is 1.40 bits per heavy atom. The van der Waals surface area contributed by atoms with Gasteiger partial charge in [0.15, 0.2) is 0 Å². The van der Waals surface area contributed by atoms with Gasteiger partial charge in [0, 0.05) is 12.7 Å². The molecule has 1 aromatic heterocycles. The van der Waals surface area contributed by atoms with E-state index < -0.39 is 5.91 Å². The number of pyridine rings is 1. The molecule has 0 radical (unpaired) electrons. The molecule has 0 aliphatic rings. The van der Waals surface area contributed by atoms with E-state index in [0.717, 1.165) is 0 Å². The molecule has 0 aliphatic heterocycles. The number of carbonyl (C=O) groups is 1. The van der Waals surface area contributed by atoms with Crippen molar-refractivity contribution in [2.75, 3.05) is 5.32 Å². The van der Waals surface area contributed by atoms with E-state index >= 15 is 0 Å². The highest BCUT2D eigenvalue weighted by Crippen LogP contribution is 2.31. The summed E-state index contributed by atoms with van der Waals surface area (Å²) in [6.07, 6.45) is 1.24. The van der Waals surface area contributed by atoms with Crippen molar-refractivity contribution in [2.24, 2.45) is 5.73 Å². The third-order valence-corrected chi connectivity index (χ3v) is 3.35. The molecule has 2 aromatic rings. The number of hydrogen-bond acceptors (Lipinski definition) is 3. The van der Waals surface area contributed by atoms with Crippen molar-refractivity contribution < 1.29 is 9.18 Å². The van der Waals surface area contributed by atoms with E-state index in [0.29, 0.717) is 5.56 Å². The summed E-state index contributed by atoms with van der Waals surface area (Å²) < 4.78 is 13.1. The van der Waals surface area contributed by atoms with Crippen LogP contribution in [0, 0.1) is 5.82 Å². The maximum Gasteiger partial charge on any atom is 0.252 e. The first-order valence-electron chi connectivity index (χ1n) is 5.61. The number of nitrogens with one attached hydrogen (secondary N) is 1. The molecule has 0 unspecified atom stereocenters. The molecule has 0 aliphatic carbocycles. The monoisotopic (exact) mass is 313 g/mol. The van der Waals surface area contributed by atoms with Crippen LogP contribution >= 0.6 is 23.2 Å². The Morgan fingerprint density at radius 3 is 2.80 bits per heavy atom. The van der Waals surface area contributed by atoms with Crippen LogP contribution in [0.1, 0.15) is 15.9 Å². The fraction of sp³-hybridized carbons (Fsp3) is 0.0769. The predicted octanol–water partition coefficient (Wildman–Crippen LogP) is 3.24. The van der Waals surface area contributed by atoms with Crippen molar-refractivity contribution in [2.45, 2.75) is 6.54 Å². The minimum absolute atomic E-state index is 0.0541. The average Bonchev–Trinajstić information content (AvgIpc) is 2.40. The molecule has 0 saturated heterocycles. The zero-order valence-corrected chi connectivity index (χ0v) is 11.7. The number of anilines is 1. The summed E-state index contributed by atoms with van der Waals surface area (Å²) in [5.41, 5.74) is 6.33. The lowest BCUT2D eigenvalue weighted by Gasteiger charge is -2.12. The van der Waals surface area contributed by atoms with Gasteiger partial charge in [-0.25, -0.2) is 9.37 Å². The molecular weight excluding hydrogens is 304 g/mol. The van der Waals surface area contributed by atoms with Gasteiger partial charge >= 0.3 is 0 Å². The summed E-state index contributed by atoms with van der Waals surface area (Å²) in [7, 11) is 0. The maximum atomic E-state index is 13.1. The Balaban J connectivity index is 2.29. The van der Waals surface area contributed by atoms with Crippen molar-refractivity contribution in [3.63, 3.8) is 0 Å². The van der Waals surface area contributed by atoms with Crippen LogP contribution in [0.15, 0.2) is 30.5 Å². The standard InChI is InChI=1S/C13H10Cl2FN3O/c14-10-11(9(13(17)20)6-19-12(10)15)18-5-7-2-1-3-8(16)4-7/h1-4,6H,5H2,(H2,17,20)(H,18,19). The molecule has 0 fully saturated rings. The molecule has 7 heteroatoms. The first kappa shape index (κ1) is 14.6. The predicted molar refractivity (Wildman–Crippen MR) is 76.5 cm³/mol. The van der Waals surface area contributed by atoms with E-state index in [1.165, 1.54) is 18.3 Å². The number of benzene rings is 1. The lowest BCUT2D eigenvalue weighted by molar-refractivity contribution is 0.100. The molecule has 0 atom stereocenters. The summed E-state index contributed by atoms with van der Waals surface area (Å²) in [6, 6.07) is 6.03. The van der Waals surface area contributed by atoms with Crippen LogP contribution in [0.3, 0.4) is 0 Å². The van der Waals surface area contributed by atoms with Crippen LogP contribution in [0.5, 0.6) is 0 Å². The maximum absolute atomic E-state index is 13.1. The van der Waals surface area contributed by atoms with Crippen molar-refractivity contribution in [3.8, 4) is 0 Å². The van der Waals surface area contributed by atoms with E-state index in [2.05, 4.69) is 10.3 Å². The topological polar surface area (TPSA) is 68.0 Å². The molecule has 1 aromatic carbocycles. The van der Waals surface area contributed by atoms with Crippen LogP contribution in [0.25, 0.3) is 0 Å². The lowest BCUT2D eigenvalue weighted by Crippen LogP contribution is -2.15. The summed E-state index contributed by atoms with van der Waals surface area (Å²) in [6.45, 7) is 0.262. The molecule has 104 valence electrons. The van der Waals surface area contributed by atoms with Gasteiger partial charge in [-0.1, -0.05) is 35.3 Å². The summed E-state index contributed by atoms with van der Waals surface area (Å²) >= 11 is 11.8. The Hall–Kier alpha value is -1.85. The first-order valence-corrected chi connectivity index (χ1v) is 6.36. The number of carbonyl (C=O) groups excluding carboxylic acids is 1. The number of nitrogens with zero attached hydrogens (tertiary/aromatic N) is 1. The van der Waals surface area contributed by atoms with Crippen LogP contribution < -0.4 is 11.1 Å². The SMILES string of the molecule is NC(=O)c1cnc(Cl)c(Cl)c1NCc1cccc(F)c1. The van der Waals surface area contributed by atoms with Gasteiger partial charge in [-0.15, -0.1) is 0 Å². The minimum atomic E-state index is -0.683. The number of nitrogens with two attached hydrogens (primary N) is 1. The quantitative estimate of drug-likeness (QED) is 0.851. The van der Waals surface area contributed by atoms with Crippen molar-refractivity contribution in [1.82, 2.24) is 4.98 Å². The second kappa shape index (κ2) is 6.07. The Bertz CT molecular complexity index is 664. The van der Waals surface area contributed by atoms with Crippen LogP contribution in [-0.4, -0.2) is 10.9 Å². The number of amides is 1. The second-order valence-electron chi connectivity index (χ2n) is 4.00. The van der Waals surface area contributed by atoms with E-state index in [9.17, 15) is 9.18 Å². The normalized spacial score (nSPS) is 10.3. The van der Waals surface area contributed by atoms with Gasteiger partial charge in [-0.3, -0.25) is 4.79 Å². The Kier molecular flexibility index (Phi) is 4.42. The molecule has 2 rings (SSSR count). The Morgan fingerprint density at radius 2 is 2.15 bits per heavy atom. The van der Waals surface area contributed by atoms with Crippen molar-refractivity contribution in [1.29, 1.82) is 0 Å². The molecule has 20 heavy (non-hydrogen) atoms. The van der Waals surface area contributed by atoms with E-state index in [1.807, 2.05) is 0 Å². The zero-order valence-electron chi connectivity index (χ0n) is 10.2. The number of halogens is 3. The highest BCUT2D eigenvalue weighted by molar-refractivity contribution is 6.43. The minimum Gasteiger partial charge on any atom is -0.379 e.